The molecule has 2 nitrogen and oxygen atoms in total. The summed E-state index contributed by atoms with van der Waals surface area (Å²) in [6.07, 6.45) is 6.54. The van der Waals surface area contributed by atoms with Crippen LogP contribution in [-0.2, 0) is 6.42 Å². The monoisotopic (exact) mass is 231 g/mol. The van der Waals surface area contributed by atoms with E-state index in [9.17, 15) is 5.11 Å². The molecule has 1 unspecified atom stereocenters. The molecule has 2 heteroatoms. The second kappa shape index (κ2) is 4.69. The van der Waals surface area contributed by atoms with Gasteiger partial charge in [-0.25, -0.2) is 0 Å². The summed E-state index contributed by atoms with van der Waals surface area (Å²) in [6, 6.07) is 8.94. The second-order valence-corrected chi connectivity index (χ2v) is 5.47. The van der Waals surface area contributed by atoms with Crippen molar-refractivity contribution in [3.63, 3.8) is 0 Å². The van der Waals surface area contributed by atoms with Crippen LogP contribution in [0.25, 0.3) is 0 Å². The topological polar surface area (TPSA) is 23.5 Å². The Balaban J connectivity index is 1.80. The van der Waals surface area contributed by atoms with Crippen LogP contribution < -0.4 is 4.90 Å². The normalized spacial score (nSPS) is 24.3. The molecule has 0 spiro atoms. The summed E-state index contributed by atoms with van der Waals surface area (Å²) in [5, 5.41) is 9.54. The average Bonchev–Trinajstić information content (AvgIpc) is 2.98. The molecule has 1 aromatic rings. The number of aliphatic hydroxyl groups excluding tert-OH is 1. The molecule has 0 amide bonds. The minimum atomic E-state index is 0.279. The number of nitrogens with zero attached hydrogens (tertiary/aromatic N) is 1. The van der Waals surface area contributed by atoms with Gasteiger partial charge in [-0.05, 0) is 36.8 Å². The van der Waals surface area contributed by atoms with Crippen molar-refractivity contribution in [2.75, 3.05) is 18.1 Å². The summed E-state index contributed by atoms with van der Waals surface area (Å²) in [5.74, 6) is 0.843. The minimum absolute atomic E-state index is 0.279. The summed E-state index contributed by atoms with van der Waals surface area (Å²) in [6.45, 7) is 1.42. The fourth-order valence-corrected chi connectivity index (χ4v) is 3.41. The van der Waals surface area contributed by atoms with E-state index in [0.717, 1.165) is 18.9 Å². The highest BCUT2D eigenvalue weighted by Crippen LogP contribution is 2.35. The number of hydrogen-bond donors (Lipinski definition) is 1. The van der Waals surface area contributed by atoms with Gasteiger partial charge in [0.25, 0.3) is 0 Å². The highest BCUT2D eigenvalue weighted by Gasteiger charge is 2.30. The van der Waals surface area contributed by atoms with Gasteiger partial charge in [-0.1, -0.05) is 31.0 Å². The summed E-state index contributed by atoms with van der Waals surface area (Å²) in [4.78, 5) is 2.45. The zero-order valence-electron chi connectivity index (χ0n) is 10.3. The number of benzene rings is 1. The molecule has 92 valence electrons. The highest BCUT2D eigenvalue weighted by atomic mass is 16.3. The molecule has 0 radical (unpaired) electrons. The van der Waals surface area contributed by atoms with E-state index < -0.39 is 0 Å². The average molecular weight is 231 g/mol. The van der Waals surface area contributed by atoms with Crippen LogP contribution in [0.5, 0.6) is 0 Å². The van der Waals surface area contributed by atoms with Gasteiger partial charge < -0.3 is 10.0 Å². The summed E-state index contributed by atoms with van der Waals surface area (Å²) in [5.41, 5.74) is 2.77. The predicted octanol–water partition coefficient (Wildman–Crippen LogP) is 2.60. The van der Waals surface area contributed by atoms with Gasteiger partial charge in [0, 0.05) is 12.2 Å². The highest BCUT2D eigenvalue weighted by molar-refractivity contribution is 5.59. The molecule has 1 saturated carbocycles. The number of anilines is 1. The zero-order valence-corrected chi connectivity index (χ0v) is 10.3. The van der Waals surface area contributed by atoms with Crippen LogP contribution in [0.3, 0.4) is 0 Å². The van der Waals surface area contributed by atoms with Crippen LogP contribution >= 0.6 is 0 Å². The maximum absolute atomic E-state index is 9.54. The summed E-state index contributed by atoms with van der Waals surface area (Å²) < 4.78 is 0. The first-order chi connectivity index (χ1) is 8.38. The molecule has 1 atom stereocenters. The molecule has 1 aliphatic heterocycles. The van der Waals surface area contributed by atoms with Crippen LogP contribution in [-0.4, -0.2) is 24.3 Å². The lowest BCUT2D eigenvalue weighted by molar-refractivity contribution is 0.259. The molecule has 2 aliphatic rings. The largest absolute Gasteiger partial charge is 0.394 e. The van der Waals surface area contributed by atoms with Gasteiger partial charge in [-0.2, -0.15) is 0 Å². The molecule has 0 aromatic heterocycles. The molecule has 1 aliphatic carbocycles. The maximum Gasteiger partial charge on any atom is 0.0638 e. The van der Waals surface area contributed by atoms with Crippen molar-refractivity contribution < 1.29 is 5.11 Å². The summed E-state index contributed by atoms with van der Waals surface area (Å²) >= 11 is 0. The van der Waals surface area contributed by atoms with E-state index in [1.807, 2.05) is 0 Å². The van der Waals surface area contributed by atoms with Gasteiger partial charge in [0.1, 0.15) is 0 Å². The van der Waals surface area contributed by atoms with E-state index in [4.69, 9.17) is 0 Å². The van der Waals surface area contributed by atoms with Crippen molar-refractivity contribution >= 4 is 5.69 Å². The Morgan fingerprint density at radius 2 is 1.94 bits per heavy atom. The molecule has 0 saturated heterocycles. The van der Waals surface area contributed by atoms with Gasteiger partial charge in [0.05, 0.1) is 12.6 Å². The molecule has 1 N–H and O–H groups in total. The van der Waals surface area contributed by atoms with E-state index in [2.05, 4.69) is 29.2 Å². The van der Waals surface area contributed by atoms with E-state index in [0.29, 0.717) is 6.04 Å². The lowest BCUT2D eigenvalue weighted by Crippen LogP contribution is -2.38. The molecule has 1 heterocycles. The summed E-state index contributed by atoms with van der Waals surface area (Å²) in [7, 11) is 0. The van der Waals surface area contributed by atoms with Crippen LogP contribution in [0.4, 0.5) is 5.69 Å². The predicted molar refractivity (Wildman–Crippen MR) is 70.3 cm³/mol. The lowest BCUT2D eigenvalue weighted by atomic mass is 10.1. The minimum Gasteiger partial charge on any atom is -0.394 e. The Morgan fingerprint density at radius 3 is 2.71 bits per heavy atom. The quantitative estimate of drug-likeness (QED) is 0.864. The number of rotatable bonds is 3. The van der Waals surface area contributed by atoms with Gasteiger partial charge >= 0.3 is 0 Å². The molecule has 1 fully saturated rings. The number of fused-ring (bicyclic) bond motifs is 1. The molecule has 3 rings (SSSR count). The Hall–Kier alpha value is -1.02. The van der Waals surface area contributed by atoms with Crippen molar-refractivity contribution in [1.29, 1.82) is 0 Å². The third-order valence-corrected chi connectivity index (χ3v) is 4.34. The standard InChI is InChI=1S/C15H21NO/c17-11-14-9-13-7-3-4-8-15(13)16(14)10-12-5-1-2-6-12/h3-4,7-8,12,14,17H,1-2,5-6,9-11H2. The van der Waals surface area contributed by atoms with Gasteiger partial charge in [-0.3, -0.25) is 0 Å². The van der Waals surface area contributed by atoms with E-state index in [1.165, 1.54) is 36.9 Å². The molecular weight excluding hydrogens is 210 g/mol. The van der Waals surface area contributed by atoms with E-state index in [1.54, 1.807) is 0 Å². The van der Waals surface area contributed by atoms with Crippen molar-refractivity contribution in [1.82, 2.24) is 0 Å². The Morgan fingerprint density at radius 1 is 1.18 bits per heavy atom. The Bertz CT molecular complexity index is 384. The maximum atomic E-state index is 9.54. The molecule has 17 heavy (non-hydrogen) atoms. The molecular formula is C15H21NO. The van der Waals surface area contributed by atoms with Crippen molar-refractivity contribution in [2.45, 2.75) is 38.1 Å². The van der Waals surface area contributed by atoms with Gasteiger partial charge in [0.2, 0.25) is 0 Å². The molecule has 1 aromatic carbocycles. The van der Waals surface area contributed by atoms with Crippen molar-refractivity contribution in [3.8, 4) is 0 Å². The molecule has 0 bridgehead atoms. The van der Waals surface area contributed by atoms with E-state index in [-0.39, 0.29) is 6.61 Å². The van der Waals surface area contributed by atoms with E-state index >= 15 is 0 Å². The zero-order chi connectivity index (χ0) is 11.7. The lowest BCUT2D eigenvalue weighted by Gasteiger charge is -2.29. The van der Waals surface area contributed by atoms with Gasteiger partial charge in [0.15, 0.2) is 0 Å². The number of aliphatic hydroxyl groups is 1. The third-order valence-electron chi connectivity index (χ3n) is 4.34. The third kappa shape index (κ3) is 2.06. The fourth-order valence-electron chi connectivity index (χ4n) is 3.41. The first kappa shape index (κ1) is 11.1. The first-order valence-electron chi connectivity index (χ1n) is 6.84. The van der Waals surface area contributed by atoms with Crippen LogP contribution in [0.1, 0.15) is 31.2 Å². The van der Waals surface area contributed by atoms with Crippen LogP contribution in [0.2, 0.25) is 0 Å². The van der Waals surface area contributed by atoms with Crippen LogP contribution in [0, 0.1) is 5.92 Å². The van der Waals surface area contributed by atoms with Crippen molar-refractivity contribution in [3.05, 3.63) is 29.8 Å². The first-order valence-corrected chi connectivity index (χ1v) is 6.84. The Kier molecular flexibility index (Phi) is 3.06. The van der Waals surface area contributed by atoms with Gasteiger partial charge in [-0.15, -0.1) is 0 Å². The van der Waals surface area contributed by atoms with Crippen LogP contribution in [0.15, 0.2) is 24.3 Å². The Labute approximate surface area is 103 Å². The number of para-hydroxylation sites is 1. The van der Waals surface area contributed by atoms with Crippen molar-refractivity contribution in [2.24, 2.45) is 5.92 Å². The fraction of sp³-hybridized carbons (Fsp3) is 0.600. The SMILES string of the molecule is OCC1Cc2ccccc2N1CC1CCCC1. The smallest absolute Gasteiger partial charge is 0.0638 e. The number of hydrogen-bond acceptors (Lipinski definition) is 2. The second-order valence-electron chi connectivity index (χ2n) is 5.47.